The molecule has 3 fully saturated rings. The fourth-order valence-electron chi connectivity index (χ4n) is 4.58. The number of carbonyl (C=O) groups is 1. The van der Waals surface area contributed by atoms with Crippen molar-refractivity contribution in [2.24, 2.45) is 5.92 Å². The van der Waals surface area contributed by atoms with Crippen molar-refractivity contribution in [1.29, 1.82) is 0 Å². The van der Waals surface area contributed by atoms with Gasteiger partial charge in [-0.05, 0) is 42.9 Å². The zero-order valence-corrected chi connectivity index (χ0v) is 15.6. The Hall–Kier alpha value is -1.11. The first-order valence-electron chi connectivity index (χ1n) is 8.77. The average molecular weight is 384 g/mol. The molecule has 0 aromatic heterocycles. The van der Waals surface area contributed by atoms with Crippen molar-refractivity contribution in [1.82, 2.24) is 4.90 Å². The monoisotopic (exact) mass is 383 g/mol. The van der Waals surface area contributed by atoms with Crippen LogP contribution in [0.1, 0.15) is 24.8 Å². The summed E-state index contributed by atoms with van der Waals surface area (Å²) in [6.45, 7) is 1.96. The van der Waals surface area contributed by atoms with Crippen LogP contribution < -0.4 is 0 Å². The summed E-state index contributed by atoms with van der Waals surface area (Å²) < 4.78 is 29.9. The van der Waals surface area contributed by atoms with E-state index in [-0.39, 0.29) is 22.8 Å². The second-order valence-corrected chi connectivity index (χ2v) is 10.1. The van der Waals surface area contributed by atoms with Crippen molar-refractivity contribution in [2.45, 2.75) is 29.9 Å². The lowest BCUT2D eigenvalue weighted by atomic mass is 9.73. The van der Waals surface area contributed by atoms with Gasteiger partial charge in [0.2, 0.25) is 5.91 Å². The Morgan fingerprint density at radius 2 is 1.84 bits per heavy atom. The van der Waals surface area contributed by atoms with Crippen molar-refractivity contribution >= 4 is 27.3 Å². The van der Waals surface area contributed by atoms with E-state index < -0.39 is 15.3 Å². The van der Waals surface area contributed by atoms with E-state index in [0.717, 1.165) is 5.56 Å². The number of hydrogen-bond acceptors (Lipinski definition) is 4. The number of fused-ring (bicyclic) bond motifs is 1. The van der Waals surface area contributed by atoms with E-state index in [0.29, 0.717) is 50.6 Å². The standard InChI is InChI=1S/C18H22ClNO4S/c19-15-3-1-14(2-4-15)18(6-8-24-9-7-18)17(21)20-11-13-5-10-25(22,23)16(13)12-20/h1-4,13,16H,5-12H2/t13-,16+/m0/s1. The number of nitrogens with zero attached hydrogens (tertiary/aromatic N) is 1. The Morgan fingerprint density at radius 1 is 1.16 bits per heavy atom. The molecule has 0 spiro atoms. The Bertz CT molecular complexity index is 771. The van der Waals surface area contributed by atoms with E-state index in [9.17, 15) is 13.2 Å². The normalized spacial score (nSPS) is 30.2. The number of ether oxygens (including phenoxy) is 1. The minimum absolute atomic E-state index is 0.0442. The number of carbonyl (C=O) groups excluding carboxylic acids is 1. The number of sulfone groups is 1. The largest absolute Gasteiger partial charge is 0.381 e. The highest BCUT2D eigenvalue weighted by molar-refractivity contribution is 7.92. The number of halogens is 1. The van der Waals surface area contributed by atoms with Gasteiger partial charge in [0.05, 0.1) is 16.4 Å². The van der Waals surface area contributed by atoms with Crippen LogP contribution in [0.2, 0.25) is 5.02 Å². The maximum Gasteiger partial charge on any atom is 0.233 e. The minimum Gasteiger partial charge on any atom is -0.381 e. The maximum atomic E-state index is 13.5. The number of rotatable bonds is 2. The maximum absolute atomic E-state index is 13.5. The summed E-state index contributed by atoms with van der Waals surface area (Å²) in [5.41, 5.74) is 0.315. The molecule has 0 unspecified atom stereocenters. The summed E-state index contributed by atoms with van der Waals surface area (Å²) >= 11 is 6.01. The summed E-state index contributed by atoms with van der Waals surface area (Å²) in [5.74, 6) is 0.402. The zero-order chi connectivity index (χ0) is 17.7. The molecule has 1 aromatic rings. The molecule has 1 aromatic carbocycles. The molecule has 2 atom stereocenters. The van der Waals surface area contributed by atoms with E-state index in [4.69, 9.17) is 16.3 Å². The second-order valence-electron chi connectivity index (χ2n) is 7.37. The molecule has 3 saturated heterocycles. The van der Waals surface area contributed by atoms with Gasteiger partial charge < -0.3 is 9.64 Å². The zero-order valence-electron chi connectivity index (χ0n) is 14.0. The lowest BCUT2D eigenvalue weighted by Crippen LogP contribution is -2.49. The average Bonchev–Trinajstić information content (AvgIpc) is 3.16. The Balaban J connectivity index is 1.64. The predicted octanol–water partition coefficient (Wildman–Crippen LogP) is 2.03. The molecule has 4 rings (SSSR count). The van der Waals surface area contributed by atoms with E-state index in [1.807, 2.05) is 24.3 Å². The van der Waals surface area contributed by atoms with Gasteiger partial charge in [0.25, 0.3) is 0 Å². The fourth-order valence-corrected chi connectivity index (χ4v) is 6.85. The van der Waals surface area contributed by atoms with Crippen molar-refractivity contribution in [2.75, 3.05) is 32.1 Å². The first kappa shape index (κ1) is 17.3. The van der Waals surface area contributed by atoms with Crippen LogP contribution in [0.4, 0.5) is 0 Å². The van der Waals surface area contributed by atoms with E-state index in [1.165, 1.54) is 0 Å². The molecule has 0 radical (unpaired) electrons. The van der Waals surface area contributed by atoms with Crippen molar-refractivity contribution in [3.8, 4) is 0 Å². The first-order valence-corrected chi connectivity index (χ1v) is 10.9. The molecule has 0 saturated carbocycles. The highest BCUT2D eigenvalue weighted by atomic mass is 35.5. The molecular weight excluding hydrogens is 362 g/mol. The van der Waals surface area contributed by atoms with Gasteiger partial charge in [0.15, 0.2) is 9.84 Å². The Morgan fingerprint density at radius 3 is 2.48 bits per heavy atom. The molecular formula is C18H22ClNO4S. The van der Waals surface area contributed by atoms with Crippen LogP contribution >= 0.6 is 11.6 Å². The third kappa shape index (κ3) is 2.88. The summed E-state index contributed by atoms with van der Waals surface area (Å²) in [6.07, 6.45) is 1.91. The van der Waals surface area contributed by atoms with E-state index >= 15 is 0 Å². The topological polar surface area (TPSA) is 63.7 Å². The molecule has 3 heterocycles. The Kier molecular flexibility index (Phi) is 4.33. The van der Waals surface area contributed by atoms with Crippen LogP contribution in [-0.2, 0) is 24.8 Å². The molecule has 7 heteroatoms. The molecule has 3 aliphatic rings. The summed E-state index contributed by atoms with van der Waals surface area (Å²) in [5, 5.41) is 0.263. The van der Waals surface area contributed by atoms with Gasteiger partial charge in [-0.2, -0.15) is 0 Å². The third-order valence-electron chi connectivity index (χ3n) is 6.06. The van der Waals surface area contributed by atoms with Gasteiger partial charge in [0, 0.05) is 31.3 Å². The van der Waals surface area contributed by atoms with E-state index in [2.05, 4.69) is 0 Å². The highest BCUT2D eigenvalue weighted by Crippen LogP contribution is 2.41. The van der Waals surface area contributed by atoms with Gasteiger partial charge in [-0.15, -0.1) is 0 Å². The first-order chi connectivity index (χ1) is 11.9. The molecule has 0 N–H and O–H groups in total. The van der Waals surface area contributed by atoms with Crippen LogP contribution in [0.5, 0.6) is 0 Å². The third-order valence-corrected chi connectivity index (χ3v) is 8.57. The number of amides is 1. The fraction of sp³-hybridized carbons (Fsp3) is 0.611. The lowest BCUT2D eigenvalue weighted by molar-refractivity contribution is -0.140. The van der Waals surface area contributed by atoms with Crippen LogP contribution in [0.25, 0.3) is 0 Å². The van der Waals surface area contributed by atoms with Gasteiger partial charge in [-0.25, -0.2) is 8.42 Å². The predicted molar refractivity (Wildman–Crippen MR) is 95.4 cm³/mol. The van der Waals surface area contributed by atoms with Gasteiger partial charge in [-0.1, -0.05) is 23.7 Å². The number of likely N-dealkylation sites (tertiary alicyclic amines) is 1. The molecule has 0 aliphatic carbocycles. The summed E-state index contributed by atoms with van der Waals surface area (Å²) in [6, 6.07) is 7.45. The van der Waals surface area contributed by atoms with Crippen LogP contribution in [0.3, 0.4) is 0 Å². The molecule has 1 amide bonds. The van der Waals surface area contributed by atoms with Gasteiger partial charge in [0.1, 0.15) is 0 Å². The molecule has 3 aliphatic heterocycles. The van der Waals surface area contributed by atoms with Crippen molar-refractivity contribution in [3.63, 3.8) is 0 Å². The van der Waals surface area contributed by atoms with Crippen molar-refractivity contribution < 1.29 is 17.9 Å². The van der Waals surface area contributed by atoms with Crippen LogP contribution in [0, 0.1) is 5.92 Å². The van der Waals surface area contributed by atoms with Crippen LogP contribution in [0.15, 0.2) is 24.3 Å². The SMILES string of the molecule is O=C(N1C[C@@H]2CCS(=O)(=O)[C@@H]2C1)C1(c2ccc(Cl)cc2)CCOCC1. The molecule has 136 valence electrons. The van der Waals surface area contributed by atoms with Crippen molar-refractivity contribution in [3.05, 3.63) is 34.9 Å². The summed E-state index contributed by atoms with van der Waals surface area (Å²) in [7, 11) is -3.05. The number of benzene rings is 1. The Labute approximate surface area is 153 Å². The quantitative estimate of drug-likeness (QED) is 0.783. The van der Waals surface area contributed by atoms with Crippen LogP contribution in [-0.4, -0.2) is 56.5 Å². The second kappa shape index (κ2) is 6.25. The lowest BCUT2D eigenvalue weighted by Gasteiger charge is -2.39. The smallest absolute Gasteiger partial charge is 0.233 e. The van der Waals surface area contributed by atoms with Gasteiger partial charge >= 0.3 is 0 Å². The number of hydrogen-bond donors (Lipinski definition) is 0. The van der Waals surface area contributed by atoms with Gasteiger partial charge in [-0.3, -0.25) is 4.79 Å². The minimum atomic E-state index is -3.05. The highest BCUT2D eigenvalue weighted by Gasteiger charge is 2.51. The molecule has 0 bridgehead atoms. The summed E-state index contributed by atoms with van der Waals surface area (Å²) in [4.78, 5) is 15.3. The molecule has 5 nitrogen and oxygen atoms in total. The molecule has 25 heavy (non-hydrogen) atoms. The van der Waals surface area contributed by atoms with E-state index in [1.54, 1.807) is 4.90 Å².